The van der Waals surface area contributed by atoms with Crippen LogP contribution in [0.4, 0.5) is 5.69 Å². The topological polar surface area (TPSA) is 42.0 Å². The average Bonchev–Trinajstić information content (AvgIpc) is 2.99. The first-order valence-corrected chi connectivity index (χ1v) is 8.02. The summed E-state index contributed by atoms with van der Waals surface area (Å²) in [6, 6.07) is 17.0. The third-order valence-electron chi connectivity index (χ3n) is 3.06. The van der Waals surface area contributed by atoms with Crippen LogP contribution in [0.15, 0.2) is 60.0 Å². The van der Waals surface area contributed by atoms with Crippen molar-refractivity contribution in [3.05, 3.63) is 70.0 Å². The number of carbonyl (C=O) groups excluding carboxylic acids is 1. The molecule has 22 heavy (non-hydrogen) atoms. The molecule has 1 heterocycles. The molecule has 3 rings (SSSR count). The Hall–Kier alpha value is -2.17. The van der Waals surface area contributed by atoms with Crippen LogP contribution >= 0.6 is 22.9 Å². The van der Waals surface area contributed by atoms with Gasteiger partial charge in [0, 0.05) is 21.7 Å². The quantitative estimate of drug-likeness (QED) is 0.757. The predicted octanol–water partition coefficient (Wildman–Crippen LogP) is 4.64. The molecule has 0 aliphatic rings. The second kappa shape index (κ2) is 6.73. The number of hydrogen-bond donors (Lipinski definition) is 1. The minimum Gasteiger partial charge on any atom is -0.326 e. The van der Waals surface area contributed by atoms with Crippen molar-refractivity contribution in [3.8, 4) is 11.3 Å². The molecule has 0 radical (unpaired) electrons. The summed E-state index contributed by atoms with van der Waals surface area (Å²) in [5.74, 6) is -0.0868. The summed E-state index contributed by atoms with van der Waals surface area (Å²) in [7, 11) is 0. The second-order valence-electron chi connectivity index (χ2n) is 4.72. The van der Waals surface area contributed by atoms with Crippen LogP contribution in [-0.4, -0.2) is 10.9 Å². The lowest BCUT2D eigenvalue weighted by Gasteiger charge is -2.03. The Kier molecular flexibility index (Phi) is 4.51. The summed E-state index contributed by atoms with van der Waals surface area (Å²) in [4.78, 5) is 16.5. The smallest absolute Gasteiger partial charge is 0.231 e. The fourth-order valence-corrected chi connectivity index (χ4v) is 2.94. The zero-order valence-corrected chi connectivity index (χ0v) is 13.2. The van der Waals surface area contributed by atoms with Crippen molar-refractivity contribution >= 4 is 34.5 Å². The monoisotopic (exact) mass is 328 g/mol. The number of aromatic nitrogens is 1. The highest BCUT2D eigenvalue weighted by molar-refractivity contribution is 7.10. The third-order valence-corrected chi connectivity index (χ3v) is 4.16. The van der Waals surface area contributed by atoms with E-state index in [1.807, 2.05) is 35.7 Å². The van der Waals surface area contributed by atoms with E-state index in [-0.39, 0.29) is 12.3 Å². The predicted molar refractivity (Wildman–Crippen MR) is 91.3 cm³/mol. The Balaban J connectivity index is 1.65. The maximum atomic E-state index is 12.0. The minimum absolute atomic E-state index is 0.0868. The number of nitrogens with one attached hydrogen (secondary N) is 1. The lowest BCUT2D eigenvalue weighted by molar-refractivity contribution is -0.115. The third kappa shape index (κ3) is 3.72. The highest BCUT2D eigenvalue weighted by Gasteiger charge is 2.09. The zero-order valence-electron chi connectivity index (χ0n) is 11.6. The van der Waals surface area contributed by atoms with Crippen LogP contribution in [0.25, 0.3) is 11.3 Å². The minimum atomic E-state index is -0.0868. The molecule has 0 bridgehead atoms. The first-order chi connectivity index (χ1) is 10.7. The first-order valence-electron chi connectivity index (χ1n) is 6.76. The molecule has 0 saturated heterocycles. The second-order valence-corrected chi connectivity index (χ2v) is 6.10. The molecule has 0 unspecified atom stereocenters. The van der Waals surface area contributed by atoms with Crippen LogP contribution in [0.5, 0.6) is 0 Å². The molecule has 1 N–H and O–H groups in total. The standard InChI is InChI=1S/C17H13ClN2OS/c18-13-6-8-14(9-7-13)19-16(21)10-17-20-15(11-22-17)12-4-2-1-3-5-12/h1-9,11H,10H2,(H,19,21). The maximum Gasteiger partial charge on any atom is 0.231 e. The van der Waals surface area contributed by atoms with Gasteiger partial charge in [-0.25, -0.2) is 4.98 Å². The van der Waals surface area contributed by atoms with Crippen LogP contribution < -0.4 is 5.32 Å². The van der Waals surface area contributed by atoms with Gasteiger partial charge in [0.15, 0.2) is 0 Å². The van der Waals surface area contributed by atoms with Gasteiger partial charge >= 0.3 is 0 Å². The number of carbonyl (C=O) groups is 1. The zero-order chi connectivity index (χ0) is 15.4. The number of rotatable bonds is 4. The molecular formula is C17H13ClN2OS. The summed E-state index contributed by atoms with van der Waals surface area (Å²) in [5.41, 5.74) is 2.69. The summed E-state index contributed by atoms with van der Waals surface area (Å²) in [6.07, 6.45) is 0.264. The molecule has 0 aliphatic heterocycles. The highest BCUT2D eigenvalue weighted by Crippen LogP contribution is 2.22. The van der Waals surface area contributed by atoms with Gasteiger partial charge in [0.1, 0.15) is 5.01 Å². The Morgan fingerprint density at radius 3 is 2.55 bits per heavy atom. The van der Waals surface area contributed by atoms with E-state index in [4.69, 9.17) is 11.6 Å². The van der Waals surface area contributed by atoms with Gasteiger partial charge in [-0.3, -0.25) is 4.79 Å². The van der Waals surface area contributed by atoms with Crippen LogP contribution in [0.3, 0.4) is 0 Å². The van der Waals surface area contributed by atoms with Crippen LogP contribution in [-0.2, 0) is 11.2 Å². The molecular weight excluding hydrogens is 316 g/mol. The van der Waals surface area contributed by atoms with Crippen molar-refractivity contribution in [2.24, 2.45) is 0 Å². The first kappa shape index (κ1) is 14.8. The van der Waals surface area contributed by atoms with Gasteiger partial charge in [-0.05, 0) is 24.3 Å². The molecule has 1 aromatic heterocycles. The summed E-state index contributed by atoms with van der Waals surface area (Å²) in [5, 5.41) is 6.25. The Morgan fingerprint density at radius 2 is 1.82 bits per heavy atom. The van der Waals surface area contributed by atoms with Gasteiger partial charge in [0.2, 0.25) is 5.91 Å². The Bertz CT molecular complexity index is 769. The normalized spacial score (nSPS) is 10.4. The van der Waals surface area contributed by atoms with E-state index in [0.29, 0.717) is 5.02 Å². The Labute approximate surface area is 137 Å². The summed E-state index contributed by atoms with van der Waals surface area (Å²) >= 11 is 7.31. The van der Waals surface area contributed by atoms with E-state index < -0.39 is 0 Å². The fraction of sp³-hybridized carbons (Fsp3) is 0.0588. The number of hydrogen-bond acceptors (Lipinski definition) is 3. The molecule has 5 heteroatoms. The van der Waals surface area contributed by atoms with Gasteiger partial charge in [0.25, 0.3) is 0 Å². The maximum absolute atomic E-state index is 12.0. The average molecular weight is 329 g/mol. The van der Waals surface area contributed by atoms with E-state index in [0.717, 1.165) is 22.0 Å². The van der Waals surface area contributed by atoms with Crippen molar-refractivity contribution in [2.75, 3.05) is 5.32 Å². The number of amides is 1. The molecule has 3 aromatic rings. The lowest BCUT2D eigenvalue weighted by atomic mass is 10.2. The van der Waals surface area contributed by atoms with Crippen molar-refractivity contribution in [2.45, 2.75) is 6.42 Å². The molecule has 1 amide bonds. The van der Waals surface area contributed by atoms with E-state index in [2.05, 4.69) is 10.3 Å². The number of anilines is 1. The molecule has 0 saturated carbocycles. The largest absolute Gasteiger partial charge is 0.326 e. The highest BCUT2D eigenvalue weighted by atomic mass is 35.5. The van der Waals surface area contributed by atoms with Crippen molar-refractivity contribution in [1.82, 2.24) is 4.98 Å². The van der Waals surface area contributed by atoms with Crippen molar-refractivity contribution in [1.29, 1.82) is 0 Å². The van der Waals surface area contributed by atoms with Crippen LogP contribution in [0.1, 0.15) is 5.01 Å². The number of thiazole rings is 1. The van der Waals surface area contributed by atoms with Gasteiger partial charge in [0.05, 0.1) is 12.1 Å². The molecule has 0 fully saturated rings. The molecule has 110 valence electrons. The van der Waals surface area contributed by atoms with Gasteiger partial charge in [-0.1, -0.05) is 41.9 Å². The Morgan fingerprint density at radius 1 is 1.09 bits per heavy atom. The summed E-state index contributed by atoms with van der Waals surface area (Å²) in [6.45, 7) is 0. The van der Waals surface area contributed by atoms with E-state index in [1.165, 1.54) is 11.3 Å². The molecule has 3 nitrogen and oxygen atoms in total. The molecule has 2 aromatic carbocycles. The number of nitrogens with zero attached hydrogens (tertiary/aromatic N) is 1. The van der Waals surface area contributed by atoms with Crippen LogP contribution in [0.2, 0.25) is 5.02 Å². The van der Waals surface area contributed by atoms with Gasteiger partial charge in [-0.15, -0.1) is 11.3 Å². The SMILES string of the molecule is O=C(Cc1nc(-c2ccccc2)cs1)Nc1ccc(Cl)cc1. The number of benzene rings is 2. The van der Waals surface area contributed by atoms with Crippen molar-refractivity contribution in [3.63, 3.8) is 0 Å². The lowest BCUT2D eigenvalue weighted by Crippen LogP contribution is -2.14. The van der Waals surface area contributed by atoms with Crippen molar-refractivity contribution < 1.29 is 4.79 Å². The van der Waals surface area contributed by atoms with E-state index in [9.17, 15) is 4.79 Å². The molecule has 0 spiro atoms. The van der Waals surface area contributed by atoms with Gasteiger partial charge < -0.3 is 5.32 Å². The van der Waals surface area contributed by atoms with Gasteiger partial charge in [-0.2, -0.15) is 0 Å². The number of halogens is 1. The summed E-state index contributed by atoms with van der Waals surface area (Å²) < 4.78 is 0. The molecule has 0 aliphatic carbocycles. The van der Waals surface area contributed by atoms with Crippen LogP contribution in [0, 0.1) is 0 Å². The molecule has 0 atom stereocenters. The van der Waals surface area contributed by atoms with E-state index in [1.54, 1.807) is 24.3 Å². The fourth-order valence-electron chi connectivity index (χ4n) is 2.01. The van der Waals surface area contributed by atoms with E-state index >= 15 is 0 Å².